The summed E-state index contributed by atoms with van der Waals surface area (Å²) in [5.41, 5.74) is 0. The van der Waals surface area contributed by atoms with Crippen LogP contribution in [0.5, 0.6) is 0 Å². The summed E-state index contributed by atoms with van der Waals surface area (Å²) >= 11 is 0. The molecule has 0 aliphatic carbocycles. The van der Waals surface area contributed by atoms with Crippen molar-refractivity contribution in [2.24, 2.45) is 0 Å². The number of Topliss-reactive ketones (excluding diaryl/α,β-unsaturated/α-hetero) is 1. The van der Waals surface area contributed by atoms with Gasteiger partial charge in [-0.1, -0.05) is 155 Å². The summed E-state index contributed by atoms with van der Waals surface area (Å²) in [6.45, 7) is 2.91. The predicted octanol–water partition coefficient (Wildman–Crippen LogP) is 5.64. The molecule has 0 bridgehead atoms. The lowest BCUT2D eigenvalue weighted by Gasteiger charge is -2.22. The Balaban J connectivity index is -0.000000801. The first-order chi connectivity index (χ1) is 21.6. The van der Waals surface area contributed by atoms with Crippen LogP contribution >= 0.6 is 0 Å². The number of hydrogen-bond acceptors (Lipinski definition) is 9. The highest BCUT2D eigenvalue weighted by Gasteiger charge is 2.29. The summed E-state index contributed by atoms with van der Waals surface area (Å²) in [5, 5.41) is 59.9. The highest BCUT2D eigenvalue weighted by molar-refractivity contribution is 6.31. The van der Waals surface area contributed by atoms with Crippen LogP contribution in [-0.4, -0.2) is 91.4 Å². The van der Waals surface area contributed by atoms with Crippen molar-refractivity contribution in [3.8, 4) is 0 Å². The molecule has 0 aromatic carbocycles. The van der Waals surface area contributed by atoms with E-state index in [1.807, 2.05) is 0 Å². The first-order valence-corrected chi connectivity index (χ1v) is 17.7. The Labute approximate surface area is 273 Å². The van der Waals surface area contributed by atoms with Gasteiger partial charge in [-0.2, -0.15) is 0 Å². The number of aliphatic carboxylic acids is 1. The minimum Gasteiger partial charge on any atom is -0.476 e. The fourth-order valence-corrected chi connectivity index (χ4v) is 4.69. The van der Waals surface area contributed by atoms with E-state index in [0.29, 0.717) is 6.61 Å². The van der Waals surface area contributed by atoms with Crippen LogP contribution in [0.2, 0.25) is 0 Å². The van der Waals surface area contributed by atoms with Crippen molar-refractivity contribution in [2.45, 2.75) is 192 Å². The lowest BCUT2D eigenvalue weighted by Crippen LogP contribution is -2.46. The number of unbranched alkanes of at least 4 members (excludes halogenated alkanes) is 23. The molecule has 10 heteroatoms. The van der Waals surface area contributed by atoms with E-state index in [1.54, 1.807) is 0 Å². The van der Waals surface area contributed by atoms with Crippen molar-refractivity contribution in [3.05, 3.63) is 0 Å². The number of carboxylic acids is 1. The molecule has 0 fully saturated rings. The number of hydrogen-bond donors (Lipinski definition) is 7. The van der Waals surface area contributed by atoms with Gasteiger partial charge in [-0.05, 0) is 6.42 Å². The highest BCUT2D eigenvalue weighted by Crippen LogP contribution is 2.15. The molecule has 0 radical (unpaired) electrons. The molecule has 10 nitrogen and oxygen atoms in total. The molecular weight excluding hydrogens is 580 g/mol. The van der Waals surface area contributed by atoms with Crippen LogP contribution in [0.1, 0.15) is 168 Å². The van der Waals surface area contributed by atoms with Crippen LogP contribution in [0.15, 0.2) is 0 Å². The van der Waals surface area contributed by atoms with E-state index in [0.717, 1.165) is 13.3 Å². The van der Waals surface area contributed by atoms with E-state index in [-0.39, 0.29) is 6.29 Å². The van der Waals surface area contributed by atoms with Crippen molar-refractivity contribution in [1.29, 1.82) is 0 Å². The van der Waals surface area contributed by atoms with Gasteiger partial charge >= 0.3 is 5.97 Å². The number of carbonyl (C=O) groups excluding carboxylic acids is 2. The summed E-state index contributed by atoms with van der Waals surface area (Å²) in [6, 6.07) is 0. The van der Waals surface area contributed by atoms with Gasteiger partial charge in [0.05, 0.1) is 6.61 Å². The monoisotopic (exact) mass is 650 g/mol. The van der Waals surface area contributed by atoms with Crippen molar-refractivity contribution >= 4 is 18.0 Å². The third-order valence-corrected chi connectivity index (χ3v) is 7.73. The maximum atomic E-state index is 9.90. The number of carbonyl (C=O) groups is 3. The van der Waals surface area contributed by atoms with E-state index in [4.69, 9.17) is 35.7 Å². The van der Waals surface area contributed by atoms with E-state index >= 15 is 0 Å². The van der Waals surface area contributed by atoms with Gasteiger partial charge in [0, 0.05) is 13.5 Å². The zero-order valence-corrected chi connectivity index (χ0v) is 28.6. The molecule has 7 N–H and O–H groups in total. The third-order valence-electron chi connectivity index (χ3n) is 7.73. The van der Waals surface area contributed by atoms with Gasteiger partial charge in [0.15, 0.2) is 6.29 Å². The Morgan fingerprint density at radius 1 is 0.533 bits per heavy atom. The molecular formula is C35H70O10. The zero-order valence-electron chi connectivity index (χ0n) is 28.6. The van der Waals surface area contributed by atoms with Crippen LogP contribution in [0, 0.1) is 0 Å². The lowest BCUT2D eigenvalue weighted by molar-refractivity contribution is -0.148. The number of aliphatic hydroxyl groups excluding tert-OH is 6. The minimum atomic E-state index is -1.79. The number of rotatable bonds is 30. The van der Waals surface area contributed by atoms with E-state index in [9.17, 15) is 14.4 Å². The van der Waals surface area contributed by atoms with Crippen molar-refractivity contribution in [3.63, 3.8) is 0 Å². The average Bonchev–Trinajstić information content (AvgIpc) is 3.04. The molecule has 0 amide bonds. The molecule has 0 heterocycles. The molecule has 0 aromatic heterocycles. The highest BCUT2D eigenvalue weighted by atomic mass is 16.4. The summed E-state index contributed by atoms with van der Waals surface area (Å²) in [5.74, 6) is -2.20. The lowest BCUT2D eigenvalue weighted by atomic mass is 10.0. The number of carboxylic acid groups (broad SMARTS) is 1. The SMILES string of the molecule is CC(=O)C(=O)O.CCCCCCCCCCCCCCCCCCCCCCCCCCO.O=CC(O)C(O)C(O)C(O)CO. The fourth-order valence-electron chi connectivity index (χ4n) is 4.69. The molecule has 270 valence electrons. The maximum Gasteiger partial charge on any atom is 0.371 e. The molecule has 0 saturated heterocycles. The Morgan fingerprint density at radius 3 is 1.00 bits per heavy atom. The second-order valence-electron chi connectivity index (χ2n) is 12.1. The van der Waals surface area contributed by atoms with Gasteiger partial charge in [0.1, 0.15) is 24.4 Å². The van der Waals surface area contributed by atoms with Gasteiger partial charge in [0.25, 0.3) is 0 Å². The smallest absolute Gasteiger partial charge is 0.371 e. The Morgan fingerprint density at radius 2 is 0.800 bits per heavy atom. The van der Waals surface area contributed by atoms with Crippen molar-refractivity contribution in [1.82, 2.24) is 0 Å². The predicted molar refractivity (Wildman–Crippen MR) is 179 cm³/mol. The van der Waals surface area contributed by atoms with Crippen LogP contribution < -0.4 is 0 Å². The van der Waals surface area contributed by atoms with Gasteiger partial charge in [0.2, 0.25) is 5.78 Å². The molecule has 0 aliphatic heterocycles. The Kier molecular flexibility index (Phi) is 41.3. The van der Waals surface area contributed by atoms with Crippen LogP contribution in [-0.2, 0) is 14.4 Å². The summed E-state index contributed by atoms with van der Waals surface area (Å²) in [6.07, 6.45) is 27.3. The van der Waals surface area contributed by atoms with Crippen molar-refractivity contribution < 1.29 is 50.1 Å². The maximum absolute atomic E-state index is 9.90. The average molecular weight is 651 g/mol. The largest absolute Gasteiger partial charge is 0.476 e. The van der Waals surface area contributed by atoms with E-state index in [1.165, 1.54) is 148 Å². The van der Waals surface area contributed by atoms with Gasteiger partial charge in [-0.3, -0.25) is 4.79 Å². The number of aliphatic hydroxyl groups is 6. The van der Waals surface area contributed by atoms with Crippen LogP contribution in [0.25, 0.3) is 0 Å². The Bertz CT molecular complexity index is 596. The standard InChI is InChI=1S/C26H54O.C6H12O6.C3H4O3/c1-2-3-4-5-6-7-8-9-10-11-12-13-14-15-16-17-18-19-20-21-22-23-24-25-26-27;7-1-3(9)5(11)6(12)4(10)2-8;1-2(4)3(5)6/h27H,2-26H2,1H3;1,3-6,8-12H,2H2;1H3,(H,5,6). The molecule has 45 heavy (non-hydrogen) atoms. The quantitative estimate of drug-likeness (QED) is 0.0291. The third kappa shape index (κ3) is 38.7. The van der Waals surface area contributed by atoms with Crippen molar-refractivity contribution in [2.75, 3.05) is 13.2 Å². The second kappa shape index (κ2) is 38.8. The van der Waals surface area contributed by atoms with Crippen LogP contribution in [0.4, 0.5) is 0 Å². The fraction of sp³-hybridized carbons (Fsp3) is 0.914. The first-order valence-electron chi connectivity index (χ1n) is 17.7. The summed E-state index contributed by atoms with van der Waals surface area (Å²) < 4.78 is 0. The zero-order chi connectivity index (χ0) is 34.6. The van der Waals surface area contributed by atoms with E-state index in [2.05, 4.69) is 6.92 Å². The second-order valence-corrected chi connectivity index (χ2v) is 12.1. The first kappa shape index (κ1) is 48.0. The van der Waals surface area contributed by atoms with E-state index < -0.39 is 42.8 Å². The topological polar surface area (TPSA) is 193 Å². The normalized spacial score (nSPS) is 13.4. The summed E-state index contributed by atoms with van der Waals surface area (Å²) in [4.78, 5) is 28.8. The Hall–Kier alpha value is -1.43. The van der Waals surface area contributed by atoms with Crippen LogP contribution in [0.3, 0.4) is 0 Å². The molecule has 0 rings (SSSR count). The van der Waals surface area contributed by atoms with Gasteiger partial charge < -0.3 is 40.5 Å². The number of aldehydes is 1. The number of ketones is 1. The molecule has 0 saturated carbocycles. The minimum absolute atomic E-state index is 0.0258. The molecule has 0 aromatic rings. The molecule has 4 atom stereocenters. The molecule has 4 unspecified atom stereocenters. The van der Waals surface area contributed by atoms with Gasteiger partial charge in [-0.25, -0.2) is 4.79 Å². The molecule has 0 aliphatic rings. The molecule has 0 spiro atoms. The van der Waals surface area contributed by atoms with Gasteiger partial charge in [-0.15, -0.1) is 0 Å². The summed E-state index contributed by atoms with van der Waals surface area (Å²) in [7, 11) is 0.